The van der Waals surface area contributed by atoms with E-state index in [4.69, 9.17) is 0 Å². The second kappa shape index (κ2) is 6.91. The third-order valence-electron chi connectivity index (χ3n) is 3.04. The number of aromatic nitrogens is 2. The van der Waals surface area contributed by atoms with Crippen molar-refractivity contribution in [2.24, 2.45) is 5.92 Å². The van der Waals surface area contributed by atoms with Gasteiger partial charge in [0.05, 0.1) is 5.75 Å². The van der Waals surface area contributed by atoms with Crippen molar-refractivity contribution in [2.45, 2.75) is 17.2 Å². The number of anilines is 2. The molecule has 0 bridgehead atoms. The zero-order valence-electron chi connectivity index (χ0n) is 11.4. The fourth-order valence-corrected chi connectivity index (χ4v) is 3.32. The van der Waals surface area contributed by atoms with Gasteiger partial charge in [-0.3, -0.25) is 4.79 Å². The Morgan fingerprint density at radius 1 is 1.29 bits per heavy atom. The molecular weight excluding hydrogens is 304 g/mol. The molecule has 1 fully saturated rings. The summed E-state index contributed by atoms with van der Waals surface area (Å²) in [6.45, 7) is 0.816. The number of benzene rings is 1. The van der Waals surface area contributed by atoms with Crippen LogP contribution in [0.5, 0.6) is 0 Å². The fraction of sp³-hybridized carbons (Fsp3) is 0.357. The van der Waals surface area contributed by atoms with Crippen LogP contribution in [0.4, 0.5) is 10.8 Å². The molecule has 3 rings (SSSR count). The van der Waals surface area contributed by atoms with Crippen LogP contribution in [0.25, 0.3) is 0 Å². The van der Waals surface area contributed by atoms with Crippen LogP contribution in [0, 0.1) is 5.92 Å². The van der Waals surface area contributed by atoms with E-state index in [2.05, 4.69) is 20.8 Å². The van der Waals surface area contributed by atoms with E-state index in [-0.39, 0.29) is 5.91 Å². The van der Waals surface area contributed by atoms with E-state index in [0.29, 0.717) is 11.7 Å². The first-order valence-electron chi connectivity index (χ1n) is 6.84. The summed E-state index contributed by atoms with van der Waals surface area (Å²) in [6, 6.07) is 9.83. The van der Waals surface area contributed by atoms with Crippen LogP contribution >= 0.6 is 23.1 Å². The molecular formula is C14H16N4OS2. The van der Waals surface area contributed by atoms with Gasteiger partial charge in [-0.1, -0.05) is 41.3 Å². The second-order valence-electron chi connectivity index (χ2n) is 4.90. The van der Waals surface area contributed by atoms with Crippen LogP contribution in [0.3, 0.4) is 0 Å². The Bertz CT molecular complexity index is 598. The van der Waals surface area contributed by atoms with Crippen molar-refractivity contribution in [3.05, 3.63) is 30.3 Å². The topological polar surface area (TPSA) is 66.9 Å². The average molecular weight is 320 g/mol. The molecule has 7 heteroatoms. The first-order valence-corrected chi connectivity index (χ1v) is 8.65. The van der Waals surface area contributed by atoms with Gasteiger partial charge < -0.3 is 10.6 Å². The average Bonchev–Trinajstić information content (AvgIpc) is 3.23. The zero-order valence-corrected chi connectivity index (χ0v) is 13.0. The summed E-state index contributed by atoms with van der Waals surface area (Å²) in [6.07, 6.45) is 2.50. The molecule has 1 aromatic heterocycles. The van der Waals surface area contributed by atoms with Crippen LogP contribution in [-0.2, 0) is 4.79 Å². The van der Waals surface area contributed by atoms with Crippen molar-refractivity contribution in [1.29, 1.82) is 0 Å². The van der Waals surface area contributed by atoms with Crippen LogP contribution in [-0.4, -0.2) is 28.4 Å². The summed E-state index contributed by atoms with van der Waals surface area (Å²) in [5.41, 5.74) is 0.979. The minimum atomic E-state index is 0.0691. The molecule has 1 aliphatic rings. The normalized spacial score (nSPS) is 13.9. The number of thioether (sulfide) groups is 1. The molecule has 0 spiro atoms. The van der Waals surface area contributed by atoms with Gasteiger partial charge in [-0.25, -0.2) is 0 Å². The van der Waals surface area contributed by atoms with Crippen molar-refractivity contribution < 1.29 is 4.79 Å². The number of amides is 1. The molecule has 0 saturated heterocycles. The first kappa shape index (κ1) is 14.3. The Kier molecular flexibility index (Phi) is 4.72. The number of nitrogens with one attached hydrogen (secondary N) is 2. The number of hydrogen-bond acceptors (Lipinski definition) is 6. The quantitative estimate of drug-likeness (QED) is 0.768. The van der Waals surface area contributed by atoms with Gasteiger partial charge in [0, 0.05) is 12.2 Å². The Hall–Kier alpha value is -1.60. The van der Waals surface area contributed by atoms with Crippen LogP contribution in [0.1, 0.15) is 12.8 Å². The summed E-state index contributed by atoms with van der Waals surface area (Å²) in [5, 5.41) is 15.0. The number of rotatable bonds is 7. The fourth-order valence-electron chi connectivity index (χ4n) is 1.72. The summed E-state index contributed by atoms with van der Waals surface area (Å²) < 4.78 is 0.801. The molecule has 1 aromatic carbocycles. The largest absolute Gasteiger partial charge is 0.355 e. The number of hydrogen-bond donors (Lipinski definition) is 2. The molecule has 2 aromatic rings. The molecule has 0 atom stereocenters. The molecule has 1 amide bonds. The highest BCUT2D eigenvalue weighted by Crippen LogP contribution is 2.28. The molecule has 1 saturated carbocycles. The summed E-state index contributed by atoms with van der Waals surface area (Å²) in [5.74, 6) is 1.17. The van der Waals surface area contributed by atoms with E-state index >= 15 is 0 Å². The third kappa shape index (κ3) is 4.71. The van der Waals surface area contributed by atoms with E-state index in [1.165, 1.54) is 35.9 Å². The Morgan fingerprint density at radius 2 is 2.10 bits per heavy atom. The molecule has 1 aliphatic carbocycles. The molecule has 1 heterocycles. The highest BCUT2D eigenvalue weighted by molar-refractivity contribution is 8.01. The molecule has 0 aliphatic heterocycles. The van der Waals surface area contributed by atoms with Gasteiger partial charge in [0.1, 0.15) is 0 Å². The van der Waals surface area contributed by atoms with Crippen LogP contribution < -0.4 is 10.6 Å². The predicted molar refractivity (Wildman–Crippen MR) is 86.1 cm³/mol. The Balaban J connectivity index is 1.45. The van der Waals surface area contributed by atoms with E-state index in [0.717, 1.165) is 21.7 Å². The third-order valence-corrected chi connectivity index (χ3v) is 5.02. The van der Waals surface area contributed by atoms with Gasteiger partial charge in [0.15, 0.2) is 4.34 Å². The van der Waals surface area contributed by atoms with Crippen molar-refractivity contribution in [3.8, 4) is 0 Å². The van der Waals surface area contributed by atoms with Crippen molar-refractivity contribution >= 4 is 39.8 Å². The van der Waals surface area contributed by atoms with Gasteiger partial charge in [-0.2, -0.15) is 0 Å². The van der Waals surface area contributed by atoms with Crippen LogP contribution in [0.2, 0.25) is 0 Å². The van der Waals surface area contributed by atoms with Gasteiger partial charge >= 0.3 is 0 Å². The van der Waals surface area contributed by atoms with Crippen molar-refractivity contribution in [2.75, 3.05) is 17.6 Å². The molecule has 2 N–H and O–H groups in total. The first-order chi connectivity index (χ1) is 10.3. The SMILES string of the molecule is O=C(CSc1nnc(Nc2ccccc2)s1)NCC1CC1. The summed E-state index contributed by atoms with van der Waals surface area (Å²) >= 11 is 2.88. The maximum Gasteiger partial charge on any atom is 0.230 e. The highest BCUT2D eigenvalue weighted by Gasteiger charge is 2.21. The Labute approximate surface area is 131 Å². The van der Waals surface area contributed by atoms with Gasteiger partial charge in [-0.05, 0) is 30.9 Å². The number of nitrogens with zero attached hydrogens (tertiary/aromatic N) is 2. The summed E-state index contributed by atoms with van der Waals surface area (Å²) in [7, 11) is 0. The molecule has 110 valence electrons. The van der Waals surface area contributed by atoms with E-state index in [1.807, 2.05) is 30.3 Å². The number of para-hydroxylation sites is 1. The van der Waals surface area contributed by atoms with Gasteiger partial charge in [-0.15, -0.1) is 10.2 Å². The van der Waals surface area contributed by atoms with Crippen molar-refractivity contribution in [3.63, 3.8) is 0 Å². The van der Waals surface area contributed by atoms with E-state index in [9.17, 15) is 4.79 Å². The lowest BCUT2D eigenvalue weighted by Crippen LogP contribution is -2.27. The standard InChI is InChI=1S/C14H16N4OS2/c19-12(15-8-10-6-7-10)9-20-14-18-17-13(21-14)16-11-4-2-1-3-5-11/h1-5,10H,6-9H2,(H,15,19)(H,16,17). The van der Waals surface area contributed by atoms with Gasteiger partial charge in [0.25, 0.3) is 0 Å². The lowest BCUT2D eigenvalue weighted by molar-refractivity contribution is -0.118. The minimum Gasteiger partial charge on any atom is -0.355 e. The number of carbonyl (C=O) groups excluding carboxylic acids is 1. The lowest BCUT2D eigenvalue weighted by Gasteiger charge is -2.01. The minimum absolute atomic E-state index is 0.0691. The van der Waals surface area contributed by atoms with E-state index in [1.54, 1.807) is 0 Å². The highest BCUT2D eigenvalue weighted by atomic mass is 32.2. The zero-order chi connectivity index (χ0) is 14.5. The second-order valence-corrected chi connectivity index (χ2v) is 7.10. The van der Waals surface area contributed by atoms with E-state index < -0.39 is 0 Å². The molecule has 21 heavy (non-hydrogen) atoms. The van der Waals surface area contributed by atoms with Gasteiger partial charge in [0.2, 0.25) is 11.0 Å². The smallest absolute Gasteiger partial charge is 0.230 e. The lowest BCUT2D eigenvalue weighted by atomic mass is 10.3. The Morgan fingerprint density at radius 3 is 2.86 bits per heavy atom. The number of carbonyl (C=O) groups is 1. The van der Waals surface area contributed by atoms with Crippen molar-refractivity contribution in [1.82, 2.24) is 15.5 Å². The molecule has 5 nitrogen and oxygen atoms in total. The molecule has 0 radical (unpaired) electrons. The maximum atomic E-state index is 11.7. The molecule has 0 unspecified atom stereocenters. The van der Waals surface area contributed by atoms with Crippen LogP contribution in [0.15, 0.2) is 34.7 Å². The monoisotopic (exact) mass is 320 g/mol. The maximum absolute atomic E-state index is 11.7. The predicted octanol–water partition coefficient (Wildman–Crippen LogP) is 2.90. The summed E-state index contributed by atoms with van der Waals surface area (Å²) in [4.78, 5) is 11.7.